The Morgan fingerprint density at radius 3 is 2.52 bits per heavy atom. The summed E-state index contributed by atoms with van der Waals surface area (Å²) in [6.45, 7) is 0. The SMILES string of the molecule is COc1ccc(C2Nn3c(nnc3C3CC3)SC2C(=O)c2ccc(F)cc2)cc1. The van der Waals surface area contributed by atoms with Crippen molar-refractivity contribution in [2.75, 3.05) is 12.5 Å². The Labute approximate surface area is 171 Å². The number of Topliss-reactive ketones (excluding diaryl/α,β-unsaturated/α-hetero) is 1. The number of halogens is 1. The van der Waals surface area contributed by atoms with Crippen LogP contribution in [0.25, 0.3) is 0 Å². The van der Waals surface area contributed by atoms with Crippen LogP contribution in [0.15, 0.2) is 53.7 Å². The number of carbonyl (C=O) groups excluding carboxylic acids is 1. The molecule has 8 heteroatoms. The highest BCUT2D eigenvalue weighted by atomic mass is 32.2. The van der Waals surface area contributed by atoms with Gasteiger partial charge in [0.05, 0.1) is 13.2 Å². The van der Waals surface area contributed by atoms with Crippen molar-refractivity contribution in [3.63, 3.8) is 0 Å². The standard InChI is InChI=1S/C21H19FN4O2S/c1-28-16-10-6-12(7-11-16)17-19(18(27)13-4-8-15(22)9-5-13)29-21-24-23-20(14-2-3-14)26(21)25-17/h4-11,14,17,19,25H,2-3H2,1H3. The third kappa shape index (κ3) is 3.37. The first-order valence-electron chi connectivity index (χ1n) is 9.46. The lowest BCUT2D eigenvalue weighted by molar-refractivity contribution is 0.0980. The number of aromatic nitrogens is 3. The van der Waals surface area contributed by atoms with Crippen LogP contribution < -0.4 is 10.2 Å². The van der Waals surface area contributed by atoms with Crippen molar-refractivity contribution >= 4 is 17.5 Å². The number of fused-ring (bicyclic) bond motifs is 1. The maximum atomic E-state index is 13.3. The minimum absolute atomic E-state index is 0.0782. The minimum Gasteiger partial charge on any atom is -0.497 e. The zero-order chi connectivity index (χ0) is 20.0. The smallest absolute Gasteiger partial charge is 0.210 e. The average molecular weight is 410 g/mol. The molecule has 1 aliphatic heterocycles. The van der Waals surface area contributed by atoms with E-state index in [1.807, 2.05) is 28.9 Å². The molecule has 0 amide bonds. The summed E-state index contributed by atoms with van der Waals surface area (Å²) in [6.07, 6.45) is 2.21. The number of ketones is 1. The van der Waals surface area contributed by atoms with Crippen molar-refractivity contribution in [2.45, 2.75) is 35.2 Å². The first-order chi connectivity index (χ1) is 14.1. The second-order valence-electron chi connectivity index (χ2n) is 7.24. The number of nitrogens with zero attached hydrogens (tertiary/aromatic N) is 3. The summed E-state index contributed by atoms with van der Waals surface area (Å²) in [5.74, 6) is 1.65. The Balaban J connectivity index is 1.53. The lowest BCUT2D eigenvalue weighted by Gasteiger charge is -2.33. The molecule has 29 heavy (non-hydrogen) atoms. The van der Waals surface area contributed by atoms with Crippen LogP contribution in [0.3, 0.4) is 0 Å². The number of hydrogen-bond donors (Lipinski definition) is 1. The van der Waals surface area contributed by atoms with Gasteiger partial charge in [0.25, 0.3) is 0 Å². The number of nitrogens with one attached hydrogen (secondary N) is 1. The predicted molar refractivity (Wildman–Crippen MR) is 107 cm³/mol. The summed E-state index contributed by atoms with van der Waals surface area (Å²) in [5.41, 5.74) is 4.90. The van der Waals surface area contributed by atoms with Crippen molar-refractivity contribution in [1.29, 1.82) is 0 Å². The summed E-state index contributed by atoms with van der Waals surface area (Å²) in [4.78, 5) is 13.3. The number of thioether (sulfide) groups is 1. The van der Waals surface area contributed by atoms with Gasteiger partial charge in [-0.3, -0.25) is 4.79 Å². The van der Waals surface area contributed by atoms with Crippen LogP contribution in [0, 0.1) is 5.82 Å². The van der Waals surface area contributed by atoms with E-state index < -0.39 is 5.25 Å². The molecule has 2 unspecified atom stereocenters. The van der Waals surface area contributed by atoms with Crippen molar-refractivity contribution in [3.05, 3.63) is 71.3 Å². The summed E-state index contributed by atoms with van der Waals surface area (Å²) < 4.78 is 20.5. The molecule has 0 bridgehead atoms. The monoisotopic (exact) mass is 410 g/mol. The Bertz CT molecular complexity index is 1050. The summed E-state index contributed by atoms with van der Waals surface area (Å²) >= 11 is 1.40. The van der Waals surface area contributed by atoms with E-state index in [-0.39, 0.29) is 17.6 Å². The second-order valence-corrected chi connectivity index (χ2v) is 8.35. The Kier molecular flexibility index (Phi) is 4.50. The molecule has 1 aromatic heterocycles. The second kappa shape index (κ2) is 7.18. The zero-order valence-electron chi connectivity index (χ0n) is 15.7. The first kappa shape index (κ1) is 18.2. The van der Waals surface area contributed by atoms with E-state index in [0.717, 1.165) is 30.0 Å². The molecule has 2 aliphatic rings. The fourth-order valence-corrected chi connectivity index (χ4v) is 4.68. The van der Waals surface area contributed by atoms with Crippen molar-refractivity contribution in [3.8, 4) is 5.75 Å². The Hall–Kier alpha value is -2.87. The van der Waals surface area contributed by atoms with Crippen LogP contribution in [0.1, 0.15) is 46.5 Å². The van der Waals surface area contributed by atoms with Gasteiger partial charge in [-0.1, -0.05) is 23.9 Å². The third-order valence-corrected chi connectivity index (χ3v) is 6.48. The van der Waals surface area contributed by atoms with Crippen LogP contribution >= 0.6 is 11.8 Å². The number of methoxy groups -OCH3 is 1. The van der Waals surface area contributed by atoms with E-state index in [2.05, 4.69) is 15.6 Å². The molecule has 5 rings (SSSR count). The van der Waals surface area contributed by atoms with E-state index >= 15 is 0 Å². The fourth-order valence-electron chi connectivity index (χ4n) is 3.52. The molecule has 0 spiro atoms. The molecule has 1 aliphatic carbocycles. The molecule has 1 fully saturated rings. The normalized spacial score (nSPS) is 20.6. The van der Waals surface area contributed by atoms with Crippen molar-refractivity contribution < 1.29 is 13.9 Å². The molecule has 2 heterocycles. The van der Waals surface area contributed by atoms with Crippen LogP contribution in [-0.2, 0) is 0 Å². The first-order valence-corrected chi connectivity index (χ1v) is 10.3. The van der Waals surface area contributed by atoms with Gasteiger partial charge in [-0.2, -0.15) is 0 Å². The summed E-state index contributed by atoms with van der Waals surface area (Å²) in [5, 5.41) is 8.85. The molecule has 1 N–H and O–H groups in total. The quantitative estimate of drug-likeness (QED) is 0.643. The molecule has 2 atom stereocenters. The molecular formula is C21H19FN4O2S. The Morgan fingerprint density at radius 2 is 1.86 bits per heavy atom. The predicted octanol–water partition coefficient (Wildman–Crippen LogP) is 3.95. The van der Waals surface area contributed by atoms with Gasteiger partial charge in [0.2, 0.25) is 5.16 Å². The van der Waals surface area contributed by atoms with Crippen LogP contribution in [0.4, 0.5) is 4.39 Å². The molecule has 6 nitrogen and oxygen atoms in total. The van der Waals surface area contributed by atoms with Crippen molar-refractivity contribution in [1.82, 2.24) is 14.9 Å². The molecule has 2 aromatic carbocycles. The van der Waals surface area contributed by atoms with E-state index in [0.29, 0.717) is 16.6 Å². The van der Waals surface area contributed by atoms with Gasteiger partial charge in [0.15, 0.2) is 11.6 Å². The van der Waals surface area contributed by atoms with E-state index in [4.69, 9.17) is 4.74 Å². The van der Waals surface area contributed by atoms with Gasteiger partial charge >= 0.3 is 0 Å². The maximum Gasteiger partial charge on any atom is 0.210 e. The molecule has 3 aromatic rings. The number of ether oxygens (including phenoxy) is 1. The van der Waals surface area contributed by atoms with Crippen LogP contribution in [0.2, 0.25) is 0 Å². The highest BCUT2D eigenvalue weighted by Crippen LogP contribution is 2.44. The highest BCUT2D eigenvalue weighted by Gasteiger charge is 2.40. The number of benzene rings is 2. The van der Waals surface area contributed by atoms with E-state index in [1.54, 1.807) is 7.11 Å². The summed E-state index contributed by atoms with van der Waals surface area (Å²) in [6, 6.07) is 13.0. The molecule has 148 valence electrons. The van der Waals surface area contributed by atoms with Crippen LogP contribution in [-0.4, -0.2) is 33.0 Å². The zero-order valence-corrected chi connectivity index (χ0v) is 16.5. The lowest BCUT2D eigenvalue weighted by Crippen LogP contribution is -2.39. The summed E-state index contributed by atoms with van der Waals surface area (Å²) in [7, 11) is 1.62. The number of hydrogen-bond acceptors (Lipinski definition) is 6. The molecular weight excluding hydrogens is 391 g/mol. The molecule has 0 radical (unpaired) electrons. The van der Waals surface area contributed by atoms with Crippen molar-refractivity contribution in [2.24, 2.45) is 0 Å². The topological polar surface area (TPSA) is 69.0 Å². The van der Waals surface area contributed by atoms with Crippen LogP contribution in [0.5, 0.6) is 5.75 Å². The van der Waals surface area contributed by atoms with Gasteiger partial charge in [0, 0.05) is 11.5 Å². The average Bonchev–Trinajstić information content (AvgIpc) is 3.52. The van der Waals surface area contributed by atoms with E-state index in [1.165, 1.54) is 36.0 Å². The number of rotatable bonds is 5. The largest absolute Gasteiger partial charge is 0.497 e. The minimum atomic E-state index is -0.461. The molecule has 1 saturated carbocycles. The highest BCUT2D eigenvalue weighted by molar-refractivity contribution is 8.00. The third-order valence-electron chi connectivity index (χ3n) is 5.27. The Morgan fingerprint density at radius 1 is 1.14 bits per heavy atom. The van der Waals surface area contributed by atoms with Gasteiger partial charge in [-0.05, 0) is 54.8 Å². The van der Waals surface area contributed by atoms with Gasteiger partial charge in [-0.15, -0.1) is 10.2 Å². The lowest BCUT2D eigenvalue weighted by atomic mass is 9.97. The maximum absolute atomic E-state index is 13.3. The number of carbonyl (C=O) groups is 1. The molecule has 0 saturated heterocycles. The van der Waals surface area contributed by atoms with Gasteiger partial charge in [0.1, 0.15) is 16.8 Å². The fraction of sp³-hybridized carbons (Fsp3) is 0.286. The van der Waals surface area contributed by atoms with Gasteiger partial charge in [-0.25, -0.2) is 9.07 Å². The van der Waals surface area contributed by atoms with E-state index in [9.17, 15) is 9.18 Å². The van der Waals surface area contributed by atoms with Gasteiger partial charge < -0.3 is 10.2 Å².